The first-order valence-corrected chi connectivity index (χ1v) is 9.20. The van der Waals surface area contributed by atoms with Crippen molar-refractivity contribution in [3.63, 3.8) is 0 Å². The van der Waals surface area contributed by atoms with Crippen LogP contribution in [0, 0.1) is 0 Å². The highest BCUT2D eigenvalue weighted by Crippen LogP contribution is 2.22. The molecule has 0 saturated carbocycles. The van der Waals surface area contributed by atoms with E-state index < -0.39 is 0 Å². The predicted molar refractivity (Wildman–Crippen MR) is 101 cm³/mol. The number of fused-ring (bicyclic) bond motifs is 1. The Balaban J connectivity index is 1.41. The van der Waals surface area contributed by atoms with Crippen LogP contribution in [0.25, 0.3) is 11.0 Å². The van der Waals surface area contributed by atoms with Gasteiger partial charge in [-0.3, -0.25) is 4.79 Å². The molecule has 1 aromatic heterocycles. The van der Waals surface area contributed by atoms with Crippen molar-refractivity contribution in [1.29, 1.82) is 0 Å². The third-order valence-corrected chi connectivity index (χ3v) is 4.69. The molecule has 25 heavy (non-hydrogen) atoms. The minimum absolute atomic E-state index is 0.0242. The fourth-order valence-corrected chi connectivity index (χ4v) is 3.23. The Morgan fingerprint density at radius 2 is 2.08 bits per heavy atom. The lowest BCUT2D eigenvalue weighted by molar-refractivity contribution is -0.118. The molecule has 3 aromatic rings. The van der Waals surface area contributed by atoms with Crippen molar-refractivity contribution in [2.75, 3.05) is 19.4 Å². The molecule has 0 spiro atoms. The summed E-state index contributed by atoms with van der Waals surface area (Å²) in [6, 6.07) is 16.0. The van der Waals surface area contributed by atoms with Gasteiger partial charge in [-0.25, -0.2) is 4.98 Å². The number of hydrogen-bond donors (Lipinski definition) is 2. The van der Waals surface area contributed by atoms with Crippen molar-refractivity contribution in [2.24, 2.45) is 0 Å². The van der Waals surface area contributed by atoms with Crippen LogP contribution in [0.5, 0.6) is 5.75 Å². The molecule has 1 heterocycles. The lowest BCUT2D eigenvalue weighted by Crippen LogP contribution is -2.26. The number of thioether (sulfide) groups is 1. The number of carbonyl (C=O) groups is 1. The Morgan fingerprint density at radius 3 is 2.88 bits per heavy atom. The molecule has 0 atom stereocenters. The van der Waals surface area contributed by atoms with Crippen LogP contribution in [0.2, 0.25) is 0 Å². The number of imidazole rings is 1. The number of carbonyl (C=O) groups excluding carboxylic acids is 1. The molecule has 0 aliphatic heterocycles. The molecule has 0 saturated heterocycles. The fraction of sp³-hybridized carbons (Fsp3) is 0.263. The minimum Gasteiger partial charge on any atom is -0.497 e. The molecule has 1 amide bonds. The highest BCUT2D eigenvalue weighted by atomic mass is 32.2. The van der Waals surface area contributed by atoms with E-state index in [1.807, 2.05) is 36.4 Å². The average Bonchev–Trinajstić information content (AvgIpc) is 3.06. The molecular formula is C19H21N3O2S. The maximum atomic E-state index is 11.9. The number of aromatic nitrogens is 2. The zero-order valence-corrected chi connectivity index (χ0v) is 14.9. The van der Waals surface area contributed by atoms with Crippen LogP contribution < -0.4 is 10.1 Å². The van der Waals surface area contributed by atoms with Crippen LogP contribution in [0.3, 0.4) is 0 Å². The van der Waals surface area contributed by atoms with E-state index in [0.29, 0.717) is 12.3 Å². The first kappa shape index (κ1) is 17.4. The summed E-state index contributed by atoms with van der Waals surface area (Å²) in [5, 5.41) is 3.69. The molecule has 6 heteroatoms. The number of H-pyrrole nitrogens is 1. The van der Waals surface area contributed by atoms with Crippen molar-refractivity contribution >= 4 is 28.7 Å². The van der Waals surface area contributed by atoms with Crippen LogP contribution in [-0.4, -0.2) is 35.3 Å². The molecule has 2 aromatic carbocycles. The van der Waals surface area contributed by atoms with E-state index in [2.05, 4.69) is 27.4 Å². The summed E-state index contributed by atoms with van der Waals surface area (Å²) in [5.41, 5.74) is 3.07. The quantitative estimate of drug-likeness (QED) is 0.480. The Bertz CT molecular complexity index is 833. The van der Waals surface area contributed by atoms with Gasteiger partial charge in [-0.2, -0.15) is 0 Å². The number of rotatable bonds is 8. The number of benzene rings is 2. The largest absolute Gasteiger partial charge is 0.497 e. The highest BCUT2D eigenvalue weighted by Gasteiger charge is 2.07. The monoisotopic (exact) mass is 355 g/mol. The maximum Gasteiger partial charge on any atom is 0.230 e. The van der Waals surface area contributed by atoms with E-state index in [4.69, 9.17) is 4.74 Å². The van der Waals surface area contributed by atoms with Gasteiger partial charge in [-0.05, 0) is 30.5 Å². The normalized spacial score (nSPS) is 10.8. The van der Waals surface area contributed by atoms with Crippen LogP contribution in [-0.2, 0) is 11.2 Å². The van der Waals surface area contributed by atoms with Gasteiger partial charge in [0.15, 0.2) is 5.16 Å². The second-order valence-corrected chi connectivity index (χ2v) is 6.62. The summed E-state index contributed by atoms with van der Waals surface area (Å²) in [5.74, 6) is 1.16. The zero-order chi connectivity index (χ0) is 17.5. The lowest BCUT2D eigenvalue weighted by atomic mass is 10.1. The molecule has 0 radical (unpaired) electrons. The summed E-state index contributed by atoms with van der Waals surface area (Å²) < 4.78 is 5.20. The van der Waals surface area contributed by atoms with Gasteiger partial charge in [0, 0.05) is 12.6 Å². The van der Waals surface area contributed by atoms with Crippen molar-refractivity contribution in [1.82, 2.24) is 15.3 Å². The smallest absolute Gasteiger partial charge is 0.230 e. The van der Waals surface area contributed by atoms with Gasteiger partial charge in [0.1, 0.15) is 5.75 Å². The summed E-state index contributed by atoms with van der Waals surface area (Å²) in [6.07, 6.45) is 1.91. The van der Waals surface area contributed by atoms with Crippen LogP contribution in [0.4, 0.5) is 0 Å². The van der Waals surface area contributed by atoms with Gasteiger partial charge in [-0.1, -0.05) is 42.1 Å². The molecule has 0 fully saturated rings. The molecule has 3 rings (SSSR count). The third kappa shape index (κ3) is 5.00. The molecular weight excluding hydrogens is 334 g/mol. The van der Waals surface area contributed by atoms with Gasteiger partial charge in [0.05, 0.1) is 23.9 Å². The zero-order valence-electron chi connectivity index (χ0n) is 14.1. The van der Waals surface area contributed by atoms with Crippen molar-refractivity contribution < 1.29 is 9.53 Å². The van der Waals surface area contributed by atoms with E-state index in [1.54, 1.807) is 7.11 Å². The van der Waals surface area contributed by atoms with E-state index in [1.165, 1.54) is 17.3 Å². The van der Waals surface area contributed by atoms with Crippen molar-refractivity contribution in [2.45, 2.75) is 18.0 Å². The Kier molecular flexibility index (Phi) is 5.95. The number of hydrogen-bond acceptors (Lipinski definition) is 4. The Morgan fingerprint density at radius 1 is 1.24 bits per heavy atom. The maximum absolute atomic E-state index is 11.9. The molecule has 5 nitrogen and oxygen atoms in total. The van der Waals surface area contributed by atoms with E-state index >= 15 is 0 Å². The second kappa shape index (κ2) is 8.58. The summed E-state index contributed by atoms with van der Waals surface area (Å²) in [6.45, 7) is 0.686. The van der Waals surface area contributed by atoms with Crippen molar-refractivity contribution in [3.05, 3.63) is 54.1 Å². The number of methoxy groups -OCH3 is 1. The molecule has 0 unspecified atom stereocenters. The predicted octanol–water partition coefficient (Wildman–Crippen LogP) is 3.41. The lowest BCUT2D eigenvalue weighted by Gasteiger charge is -2.04. The van der Waals surface area contributed by atoms with E-state index in [0.717, 1.165) is 34.8 Å². The van der Waals surface area contributed by atoms with Gasteiger partial charge in [-0.15, -0.1) is 0 Å². The molecule has 0 aliphatic rings. The molecule has 130 valence electrons. The number of nitrogens with one attached hydrogen (secondary N) is 2. The summed E-state index contributed by atoms with van der Waals surface area (Å²) in [4.78, 5) is 19.6. The fourth-order valence-electron chi connectivity index (χ4n) is 2.51. The van der Waals surface area contributed by atoms with Crippen LogP contribution >= 0.6 is 11.8 Å². The van der Waals surface area contributed by atoms with Crippen LogP contribution in [0.1, 0.15) is 12.0 Å². The van der Waals surface area contributed by atoms with Crippen molar-refractivity contribution in [3.8, 4) is 5.75 Å². The van der Waals surface area contributed by atoms with Gasteiger partial charge in [0.25, 0.3) is 0 Å². The van der Waals surface area contributed by atoms with Gasteiger partial charge < -0.3 is 15.0 Å². The van der Waals surface area contributed by atoms with E-state index in [-0.39, 0.29) is 5.91 Å². The minimum atomic E-state index is 0.0242. The third-order valence-electron chi connectivity index (χ3n) is 3.81. The standard InChI is InChI=1S/C19H21N3O2S/c1-24-15-9-10-16-17(12-15)22-19(21-16)25-13-18(23)20-11-5-8-14-6-3-2-4-7-14/h2-4,6-7,9-10,12H,5,8,11,13H2,1H3,(H,20,23)(H,21,22). The second-order valence-electron chi connectivity index (χ2n) is 5.65. The number of amides is 1. The number of nitrogens with zero attached hydrogens (tertiary/aromatic N) is 1. The summed E-state index contributed by atoms with van der Waals surface area (Å²) >= 11 is 1.40. The number of aromatic amines is 1. The highest BCUT2D eigenvalue weighted by molar-refractivity contribution is 7.99. The summed E-state index contributed by atoms with van der Waals surface area (Å²) in [7, 11) is 1.63. The Hall–Kier alpha value is -2.47. The van der Waals surface area contributed by atoms with Gasteiger partial charge >= 0.3 is 0 Å². The molecule has 0 bridgehead atoms. The first-order chi connectivity index (χ1) is 12.2. The molecule has 2 N–H and O–H groups in total. The Labute approximate surface area is 151 Å². The average molecular weight is 355 g/mol. The molecule has 0 aliphatic carbocycles. The number of aryl methyl sites for hydroxylation is 1. The topological polar surface area (TPSA) is 67.0 Å². The van der Waals surface area contributed by atoms with Crippen LogP contribution in [0.15, 0.2) is 53.7 Å². The van der Waals surface area contributed by atoms with Gasteiger partial charge in [0.2, 0.25) is 5.91 Å². The first-order valence-electron chi connectivity index (χ1n) is 8.22. The SMILES string of the molecule is COc1ccc2nc(SCC(=O)NCCCc3ccccc3)[nH]c2c1. The van der Waals surface area contributed by atoms with E-state index in [9.17, 15) is 4.79 Å². The number of ether oxygens (including phenoxy) is 1.